The van der Waals surface area contributed by atoms with Crippen molar-refractivity contribution in [1.29, 1.82) is 0 Å². The predicted octanol–water partition coefficient (Wildman–Crippen LogP) is 5.27. The van der Waals surface area contributed by atoms with Crippen LogP contribution in [-0.4, -0.2) is 6.29 Å². The van der Waals surface area contributed by atoms with Crippen molar-refractivity contribution in [3.63, 3.8) is 0 Å². The molecule has 0 fully saturated rings. The number of carbonyl (C=O) groups excluding carboxylic acids is 1. The van der Waals surface area contributed by atoms with Gasteiger partial charge in [-0.05, 0) is 40.1 Å². The third-order valence-corrected chi connectivity index (χ3v) is 5.41. The molecule has 106 valence electrons. The molecule has 0 spiro atoms. The predicted molar refractivity (Wildman–Crippen MR) is 93.0 cm³/mol. The second-order valence-electron chi connectivity index (χ2n) is 5.40. The van der Waals surface area contributed by atoms with Crippen molar-refractivity contribution in [3.8, 4) is 0 Å². The van der Waals surface area contributed by atoms with E-state index >= 15 is 0 Å². The maximum absolute atomic E-state index is 11.5. The van der Waals surface area contributed by atoms with E-state index in [1.165, 1.54) is 21.2 Å². The number of aldehydes is 1. The van der Waals surface area contributed by atoms with E-state index in [4.69, 9.17) is 0 Å². The van der Waals surface area contributed by atoms with Crippen LogP contribution in [0.1, 0.15) is 16.4 Å². The molecule has 1 nitrogen and oxygen atoms in total. The first-order chi connectivity index (χ1) is 10.8. The molecule has 2 heteroatoms. The van der Waals surface area contributed by atoms with Gasteiger partial charge < -0.3 is 0 Å². The fraction of sp³-hybridized carbons (Fsp3) is 0.0500. The molecule has 0 radical (unpaired) electrons. The first-order valence-electron chi connectivity index (χ1n) is 7.26. The van der Waals surface area contributed by atoms with Crippen LogP contribution >= 0.6 is 11.8 Å². The maximum atomic E-state index is 11.5. The number of carbonyl (C=O) groups is 1. The lowest BCUT2D eigenvalue weighted by atomic mass is 9.99. The van der Waals surface area contributed by atoms with E-state index in [0.29, 0.717) is 0 Å². The minimum absolute atomic E-state index is 0.0667. The summed E-state index contributed by atoms with van der Waals surface area (Å²) in [5, 5.41) is 2.51. The molecule has 1 aliphatic heterocycles. The smallest absolute Gasteiger partial charge is 0.147 e. The summed E-state index contributed by atoms with van der Waals surface area (Å²) in [6.07, 6.45) is 3.00. The van der Waals surface area contributed by atoms with Gasteiger partial charge in [-0.2, -0.15) is 0 Å². The largest absolute Gasteiger partial charge is 0.298 e. The van der Waals surface area contributed by atoms with E-state index in [1.54, 1.807) is 11.8 Å². The van der Waals surface area contributed by atoms with Crippen LogP contribution in [0.4, 0.5) is 0 Å². The van der Waals surface area contributed by atoms with Crippen LogP contribution in [0.25, 0.3) is 16.8 Å². The molecule has 1 heterocycles. The summed E-state index contributed by atoms with van der Waals surface area (Å²) in [4.78, 5) is 12.8. The normalized spacial score (nSPS) is 16.9. The molecular formula is C20H14OS. The Morgan fingerprint density at radius 3 is 2.50 bits per heavy atom. The highest BCUT2D eigenvalue weighted by molar-refractivity contribution is 8.00. The van der Waals surface area contributed by atoms with Gasteiger partial charge in [0.05, 0.1) is 5.25 Å². The lowest BCUT2D eigenvalue weighted by Gasteiger charge is -2.23. The molecule has 1 atom stereocenters. The molecule has 0 unspecified atom stereocenters. The first kappa shape index (κ1) is 13.4. The lowest BCUT2D eigenvalue weighted by molar-refractivity contribution is -0.104. The Labute approximate surface area is 133 Å². The molecule has 4 rings (SSSR count). The Morgan fingerprint density at radius 1 is 0.864 bits per heavy atom. The molecule has 0 amide bonds. The van der Waals surface area contributed by atoms with Crippen LogP contribution < -0.4 is 0 Å². The molecule has 22 heavy (non-hydrogen) atoms. The van der Waals surface area contributed by atoms with Crippen LogP contribution in [0.3, 0.4) is 0 Å². The molecule has 0 N–H and O–H groups in total. The number of fused-ring (bicyclic) bond motifs is 2. The van der Waals surface area contributed by atoms with E-state index in [0.717, 1.165) is 17.4 Å². The van der Waals surface area contributed by atoms with Crippen LogP contribution in [0.5, 0.6) is 0 Å². The van der Waals surface area contributed by atoms with Gasteiger partial charge in [0.1, 0.15) is 6.29 Å². The number of thioether (sulfide) groups is 1. The van der Waals surface area contributed by atoms with E-state index in [2.05, 4.69) is 42.5 Å². The maximum Gasteiger partial charge on any atom is 0.147 e. The zero-order valence-electron chi connectivity index (χ0n) is 11.9. The van der Waals surface area contributed by atoms with Gasteiger partial charge in [0.2, 0.25) is 0 Å². The van der Waals surface area contributed by atoms with E-state index in [1.807, 2.05) is 30.3 Å². The van der Waals surface area contributed by atoms with E-state index in [9.17, 15) is 4.79 Å². The number of benzene rings is 3. The molecule has 0 saturated heterocycles. The zero-order chi connectivity index (χ0) is 14.9. The van der Waals surface area contributed by atoms with Crippen molar-refractivity contribution in [2.24, 2.45) is 0 Å². The second-order valence-corrected chi connectivity index (χ2v) is 6.55. The van der Waals surface area contributed by atoms with Gasteiger partial charge in [-0.3, -0.25) is 4.79 Å². The van der Waals surface area contributed by atoms with Crippen LogP contribution in [0.2, 0.25) is 0 Å². The number of hydrogen-bond acceptors (Lipinski definition) is 2. The van der Waals surface area contributed by atoms with Crippen molar-refractivity contribution in [3.05, 3.63) is 83.4 Å². The second kappa shape index (κ2) is 5.47. The van der Waals surface area contributed by atoms with Crippen LogP contribution in [0, 0.1) is 0 Å². The Kier molecular flexibility index (Phi) is 3.32. The topological polar surface area (TPSA) is 17.1 Å². The monoisotopic (exact) mass is 302 g/mol. The van der Waals surface area contributed by atoms with Gasteiger partial charge >= 0.3 is 0 Å². The van der Waals surface area contributed by atoms with Crippen molar-refractivity contribution >= 4 is 34.9 Å². The highest BCUT2D eigenvalue weighted by atomic mass is 32.2. The summed E-state index contributed by atoms with van der Waals surface area (Å²) in [7, 11) is 0. The standard InChI is InChI=1S/C20H14OS/c21-13-18-12-16-7-3-4-8-19(16)22-20(18)17-10-9-14-5-1-2-6-15(14)11-17/h1-13,20H/t20-/m1/s1. The van der Waals surface area contributed by atoms with Gasteiger partial charge in [0, 0.05) is 10.5 Å². The molecule has 1 aliphatic rings. The van der Waals surface area contributed by atoms with E-state index < -0.39 is 0 Å². The third-order valence-electron chi connectivity index (χ3n) is 4.00. The lowest BCUT2D eigenvalue weighted by Crippen LogP contribution is -2.04. The highest BCUT2D eigenvalue weighted by Crippen LogP contribution is 2.46. The summed E-state index contributed by atoms with van der Waals surface area (Å²) in [5.41, 5.74) is 3.14. The summed E-state index contributed by atoms with van der Waals surface area (Å²) in [5.74, 6) is 0. The fourth-order valence-electron chi connectivity index (χ4n) is 2.88. The van der Waals surface area contributed by atoms with Gasteiger partial charge in [0.25, 0.3) is 0 Å². The van der Waals surface area contributed by atoms with Crippen molar-refractivity contribution in [2.75, 3.05) is 0 Å². The molecule has 3 aromatic rings. The molecule has 0 saturated carbocycles. The average molecular weight is 302 g/mol. The minimum Gasteiger partial charge on any atom is -0.298 e. The van der Waals surface area contributed by atoms with Gasteiger partial charge in [0.15, 0.2) is 0 Å². The Morgan fingerprint density at radius 2 is 1.64 bits per heavy atom. The van der Waals surface area contributed by atoms with E-state index in [-0.39, 0.29) is 5.25 Å². The van der Waals surface area contributed by atoms with Crippen molar-refractivity contribution in [2.45, 2.75) is 10.1 Å². The molecule has 0 bridgehead atoms. The average Bonchev–Trinajstić information content (AvgIpc) is 2.60. The van der Waals surface area contributed by atoms with Crippen LogP contribution in [0.15, 0.2) is 77.2 Å². The van der Waals surface area contributed by atoms with Gasteiger partial charge in [-0.25, -0.2) is 0 Å². The van der Waals surface area contributed by atoms with Crippen molar-refractivity contribution < 1.29 is 4.79 Å². The Balaban J connectivity index is 1.82. The minimum atomic E-state index is 0.0667. The summed E-state index contributed by atoms with van der Waals surface area (Å²) in [6, 6.07) is 23.0. The number of rotatable bonds is 2. The molecule has 0 aliphatic carbocycles. The van der Waals surface area contributed by atoms with Crippen molar-refractivity contribution in [1.82, 2.24) is 0 Å². The summed E-state index contributed by atoms with van der Waals surface area (Å²) in [6.45, 7) is 0. The summed E-state index contributed by atoms with van der Waals surface area (Å²) < 4.78 is 0. The van der Waals surface area contributed by atoms with Crippen LogP contribution in [-0.2, 0) is 4.79 Å². The van der Waals surface area contributed by atoms with Gasteiger partial charge in [-0.15, -0.1) is 11.8 Å². The first-order valence-corrected chi connectivity index (χ1v) is 8.14. The molecule has 3 aromatic carbocycles. The quantitative estimate of drug-likeness (QED) is 0.600. The SMILES string of the molecule is O=CC1=Cc2ccccc2S[C@@H]1c1ccc2ccccc2c1. The molecule has 0 aromatic heterocycles. The number of hydrogen-bond donors (Lipinski definition) is 0. The van der Waals surface area contributed by atoms with Gasteiger partial charge in [-0.1, -0.05) is 54.6 Å². The fourth-order valence-corrected chi connectivity index (χ4v) is 4.10. The Hall–Kier alpha value is -2.32. The summed E-state index contributed by atoms with van der Waals surface area (Å²) >= 11 is 1.75. The Bertz CT molecular complexity index is 895. The highest BCUT2D eigenvalue weighted by Gasteiger charge is 2.23. The third kappa shape index (κ3) is 2.26. The zero-order valence-corrected chi connectivity index (χ0v) is 12.7. The molecular weight excluding hydrogens is 288 g/mol.